The Bertz CT molecular complexity index is 910. The summed E-state index contributed by atoms with van der Waals surface area (Å²) in [5.41, 5.74) is 2.98. The first-order valence-electron chi connectivity index (χ1n) is 9.36. The van der Waals surface area contributed by atoms with E-state index in [1.807, 2.05) is 50.2 Å². The van der Waals surface area contributed by atoms with Crippen LogP contribution in [-0.2, 0) is 22.8 Å². The van der Waals surface area contributed by atoms with E-state index in [4.69, 9.17) is 11.6 Å². The van der Waals surface area contributed by atoms with Gasteiger partial charge in [-0.05, 0) is 61.6 Å². The quantitative estimate of drug-likeness (QED) is 0.387. The van der Waals surface area contributed by atoms with E-state index in [0.717, 1.165) is 48.0 Å². The number of hydrogen-bond acceptors (Lipinski definition) is 3. The van der Waals surface area contributed by atoms with E-state index in [1.54, 1.807) is 6.07 Å². The Labute approximate surface area is 173 Å². The van der Waals surface area contributed by atoms with Crippen LogP contribution in [0.15, 0.2) is 52.4 Å². The maximum absolute atomic E-state index is 11.7. The molecule has 5 nitrogen and oxygen atoms in total. The smallest absolute Gasteiger partial charge is 0.191 e. The number of halogens is 1. The molecule has 0 heterocycles. The second kappa shape index (κ2) is 10.5. The second-order valence-electron chi connectivity index (χ2n) is 6.72. The highest BCUT2D eigenvalue weighted by Crippen LogP contribution is 2.17. The van der Waals surface area contributed by atoms with Crippen molar-refractivity contribution in [3.63, 3.8) is 0 Å². The Morgan fingerprint density at radius 3 is 2.36 bits per heavy atom. The highest BCUT2D eigenvalue weighted by molar-refractivity contribution is 7.90. The van der Waals surface area contributed by atoms with Crippen molar-refractivity contribution in [2.75, 3.05) is 19.3 Å². The van der Waals surface area contributed by atoms with Crippen molar-refractivity contribution in [2.45, 2.75) is 38.1 Å². The van der Waals surface area contributed by atoms with E-state index in [0.29, 0.717) is 11.4 Å². The largest absolute Gasteiger partial charge is 0.357 e. The Morgan fingerprint density at radius 2 is 1.75 bits per heavy atom. The van der Waals surface area contributed by atoms with Gasteiger partial charge in [0.2, 0.25) is 0 Å². The lowest BCUT2D eigenvalue weighted by molar-refractivity contribution is 0.601. The molecule has 0 aliphatic carbocycles. The van der Waals surface area contributed by atoms with Gasteiger partial charge in [-0.25, -0.2) is 13.4 Å². The Balaban J connectivity index is 1.91. The average Bonchev–Trinajstić information content (AvgIpc) is 2.63. The van der Waals surface area contributed by atoms with Gasteiger partial charge in [0.15, 0.2) is 15.8 Å². The fourth-order valence-corrected chi connectivity index (χ4v) is 3.97. The number of nitrogens with one attached hydrogen (secondary N) is 2. The lowest BCUT2D eigenvalue weighted by atomic mass is 10.1. The summed E-state index contributed by atoms with van der Waals surface area (Å²) in [5.74, 6) is 0.753. The first-order valence-corrected chi connectivity index (χ1v) is 11.6. The van der Waals surface area contributed by atoms with E-state index in [1.165, 1.54) is 11.8 Å². The molecule has 0 atom stereocenters. The number of rotatable bonds is 8. The van der Waals surface area contributed by atoms with Crippen LogP contribution in [0.4, 0.5) is 0 Å². The summed E-state index contributed by atoms with van der Waals surface area (Å²) in [5, 5.41) is 7.33. The average molecular weight is 422 g/mol. The fraction of sp³-hybridized carbons (Fsp3) is 0.381. The summed E-state index contributed by atoms with van der Waals surface area (Å²) in [4.78, 5) is 4.97. The van der Waals surface area contributed by atoms with Gasteiger partial charge in [0.05, 0.1) is 11.4 Å². The number of sulfone groups is 1. The highest BCUT2D eigenvalue weighted by atomic mass is 35.5. The molecular formula is C21H28ClN3O2S. The summed E-state index contributed by atoms with van der Waals surface area (Å²) >= 11 is 5.91. The lowest BCUT2D eigenvalue weighted by Crippen LogP contribution is -2.37. The maximum atomic E-state index is 11.7. The molecule has 152 valence electrons. The Hall–Kier alpha value is -2.05. The van der Waals surface area contributed by atoms with Crippen LogP contribution >= 0.6 is 11.6 Å². The molecule has 7 heteroatoms. The molecule has 2 aromatic rings. The maximum Gasteiger partial charge on any atom is 0.191 e. The predicted octanol–water partition coefficient (Wildman–Crippen LogP) is 3.74. The highest BCUT2D eigenvalue weighted by Gasteiger charge is 2.10. The number of hydrogen-bond donors (Lipinski definition) is 2. The first kappa shape index (κ1) is 22.2. The van der Waals surface area contributed by atoms with Crippen LogP contribution in [0.1, 0.15) is 30.0 Å². The molecule has 0 saturated heterocycles. The van der Waals surface area contributed by atoms with Crippen LogP contribution in [0.25, 0.3) is 0 Å². The van der Waals surface area contributed by atoms with Crippen molar-refractivity contribution in [3.8, 4) is 0 Å². The van der Waals surface area contributed by atoms with Crippen LogP contribution in [0.2, 0.25) is 5.02 Å². The van der Waals surface area contributed by atoms with Crippen LogP contribution < -0.4 is 10.6 Å². The Kier molecular flexibility index (Phi) is 8.33. The molecule has 0 unspecified atom stereocenters. The van der Waals surface area contributed by atoms with Gasteiger partial charge in [-0.15, -0.1) is 0 Å². The van der Waals surface area contributed by atoms with E-state index in [-0.39, 0.29) is 0 Å². The van der Waals surface area contributed by atoms with E-state index in [9.17, 15) is 8.42 Å². The van der Waals surface area contributed by atoms with Crippen LogP contribution in [-0.4, -0.2) is 33.7 Å². The predicted molar refractivity (Wildman–Crippen MR) is 117 cm³/mol. The number of benzene rings is 2. The molecule has 0 bridgehead atoms. The third-order valence-electron chi connectivity index (χ3n) is 4.25. The Morgan fingerprint density at radius 1 is 1.07 bits per heavy atom. The monoisotopic (exact) mass is 421 g/mol. The van der Waals surface area contributed by atoms with Crippen molar-refractivity contribution in [3.05, 3.63) is 64.2 Å². The van der Waals surface area contributed by atoms with E-state index >= 15 is 0 Å². The van der Waals surface area contributed by atoms with Gasteiger partial charge >= 0.3 is 0 Å². The number of nitrogens with zero attached hydrogens (tertiary/aromatic N) is 1. The molecular weight excluding hydrogens is 394 g/mol. The molecule has 28 heavy (non-hydrogen) atoms. The van der Waals surface area contributed by atoms with Gasteiger partial charge in [0, 0.05) is 24.4 Å². The van der Waals surface area contributed by atoms with Gasteiger partial charge in [-0.1, -0.05) is 35.9 Å². The standard InChI is InChI=1S/C21H28ClN3O2S/c1-4-23-21(24-13-5-6-17-7-10-19(22)11-8-17)25-15-18-9-12-20(16(2)14-18)28(3,26)27/h7-12,14H,4-6,13,15H2,1-3H3,(H2,23,24,25). The summed E-state index contributed by atoms with van der Waals surface area (Å²) in [6, 6.07) is 13.3. The lowest BCUT2D eigenvalue weighted by Gasteiger charge is -2.12. The molecule has 0 aliphatic rings. The molecule has 0 aliphatic heterocycles. The third-order valence-corrected chi connectivity index (χ3v) is 5.76. The van der Waals surface area contributed by atoms with Crippen LogP contribution in [0, 0.1) is 6.92 Å². The van der Waals surface area contributed by atoms with E-state index < -0.39 is 9.84 Å². The number of guanidine groups is 1. The molecule has 0 radical (unpaired) electrons. The number of aliphatic imine (C=N–C) groups is 1. The van der Waals surface area contributed by atoms with Crippen molar-refractivity contribution in [2.24, 2.45) is 4.99 Å². The molecule has 0 amide bonds. The molecule has 2 rings (SSSR count). The van der Waals surface area contributed by atoms with Crippen LogP contribution in [0.5, 0.6) is 0 Å². The van der Waals surface area contributed by atoms with Crippen molar-refractivity contribution < 1.29 is 8.42 Å². The minimum absolute atomic E-state index is 0.368. The molecule has 2 N–H and O–H groups in total. The zero-order valence-electron chi connectivity index (χ0n) is 16.6. The second-order valence-corrected chi connectivity index (χ2v) is 9.14. The first-order chi connectivity index (χ1) is 13.3. The minimum atomic E-state index is -3.20. The molecule has 0 fully saturated rings. The van der Waals surface area contributed by atoms with Gasteiger partial charge in [-0.2, -0.15) is 0 Å². The molecule has 2 aromatic carbocycles. The van der Waals surface area contributed by atoms with Crippen molar-refractivity contribution in [1.29, 1.82) is 0 Å². The summed E-state index contributed by atoms with van der Waals surface area (Å²) in [7, 11) is -3.20. The summed E-state index contributed by atoms with van der Waals surface area (Å²) in [6.45, 7) is 5.90. The normalized spacial score (nSPS) is 12.1. The summed E-state index contributed by atoms with van der Waals surface area (Å²) in [6.07, 6.45) is 3.17. The van der Waals surface area contributed by atoms with Gasteiger partial charge in [0.25, 0.3) is 0 Å². The fourth-order valence-electron chi connectivity index (χ4n) is 2.89. The minimum Gasteiger partial charge on any atom is -0.357 e. The van der Waals surface area contributed by atoms with E-state index in [2.05, 4.69) is 15.6 Å². The van der Waals surface area contributed by atoms with Crippen LogP contribution in [0.3, 0.4) is 0 Å². The van der Waals surface area contributed by atoms with Crippen molar-refractivity contribution >= 4 is 27.4 Å². The number of aryl methyl sites for hydroxylation is 2. The topological polar surface area (TPSA) is 70.6 Å². The molecule has 0 saturated carbocycles. The van der Waals surface area contributed by atoms with Gasteiger partial charge in [0.1, 0.15) is 0 Å². The zero-order chi connectivity index (χ0) is 20.6. The zero-order valence-corrected chi connectivity index (χ0v) is 18.2. The third kappa shape index (κ3) is 7.17. The summed E-state index contributed by atoms with van der Waals surface area (Å²) < 4.78 is 23.5. The molecule has 0 spiro atoms. The SMILES string of the molecule is CCNC(=NCc1ccc(S(C)(=O)=O)c(C)c1)NCCCc1ccc(Cl)cc1. The van der Waals surface area contributed by atoms with Crippen molar-refractivity contribution in [1.82, 2.24) is 10.6 Å². The molecule has 0 aromatic heterocycles. The van der Waals surface area contributed by atoms with Gasteiger partial charge in [-0.3, -0.25) is 0 Å². The van der Waals surface area contributed by atoms with Gasteiger partial charge < -0.3 is 10.6 Å².